The molecule has 2 aromatic rings. The number of halogens is 2. The lowest BCUT2D eigenvalue weighted by atomic mass is 10.2. The molecule has 7 nitrogen and oxygen atoms in total. The van der Waals surface area contributed by atoms with Crippen LogP contribution in [0.25, 0.3) is 0 Å². The van der Waals surface area contributed by atoms with Crippen molar-refractivity contribution in [2.45, 2.75) is 13.0 Å². The number of hydrogen-bond acceptors (Lipinski definition) is 5. The van der Waals surface area contributed by atoms with Gasteiger partial charge in [-0.15, -0.1) is 0 Å². The van der Waals surface area contributed by atoms with E-state index < -0.39 is 0 Å². The molecule has 0 aliphatic carbocycles. The zero-order valence-corrected chi connectivity index (χ0v) is 13.2. The Hall–Kier alpha value is -1.42. The molecule has 20 heavy (non-hydrogen) atoms. The van der Waals surface area contributed by atoms with Gasteiger partial charge in [-0.25, -0.2) is 14.6 Å². The number of aromatic nitrogens is 4. The number of aryl methyl sites for hydroxylation is 1. The van der Waals surface area contributed by atoms with Gasteiger partial charge < -0.3 is 5.73 Å². The molecule has 0 atom stereocenters. The molecular formula is C11H10ClIN6O. The molecule has 1 aliphatic heterocycles. The number of carbonyl (C=O) groups is 1. The molecule has 1 aliphatic rings. The molecule has 0 unspecified atom stereocenters. The van der Waals surface area contributed by atoms with Gasteiger partial charge in [0.2, 0.25) is 0 Å². The number of nitrogens with two attached hydrogens (primary N) is 1. The minimum Gasteiger partial charge on any atom is -0.382 e. The molecule has 0 bridgehead atoms. The number of amides is 1. The minimum absolute atomic E-state index is 0.0389. The van der Waals surface area contributed by atoms with Crippen LogP contribution in [-0.4, -0.2) is 32.2 Å². The highest BCUT2D eigenvalue weighted by molar-refractivity contribution is 14.1. The van der Waals surface area contributed by atoms with Gasteiger partial charge in [-0.1, -0.05) is 11.6 Å². The molecule has 9 heteroatoms. The Bertz CT molecular complexity index is 688. The normalized spacial score (nSPS) is 14.2. The number of fused-ring (bicyclic) bond motifs is 1. The number of anilines is 2. The smallest absolute Gasteiger partial charge is 0.281 e. The van der Waals surface area contributed by atoms with Gasteiger partial charge in [-0.3, -0.25) is 9.69 Å². The Morgan fingerprint density at radius 2 is 2.20 bits per heavy atom. The highest BCUT2D eigenvalue weighted by Gasteiger charge is 2.27. The monoisotopic (exact) mass is 404 g/mol. The third-order valence-corrected chi connectivity index (χ3v) is 4.35. The first kappa shape index (κ1) is 13.6. The maximum Gasteiger partial charge on any atom is 0.281 e. The van der Waals surface area contributed by atoms with E-state index in [1.54, 1.807) is 21.8 Å². The van der Waals surface area contributed by atoms with E-state index in [1.807, 2.05) is 22.6 Å². The second-order valence-corrected chi connectivity index (χ2v) is 5.64. The second kappa shape index (κ2) is 5.17. The minimum atomic E-state index is -0.286. The highest BCUT2D eigenvalue weighted by Crippen LogP contribution is 2.24. The molecule has 0 radical (unpaired) electrons. The van der Waals surface area contributed by atoms with Gasteiger partial charge in [0, 0.05) is 19.2 Å². The van der Waals surface area contributed by atoms with Gasteiger partial charge in [-0.2, -0.15) is 5.10 Å². The fraction of sp³-hybridized carbons (Fsp3) is 0.273. The standard InChI is InChI=1S/C11H10ClIN6O/c12-8-9(13)16-7(10(14)17-8)11(20)18-4-1-5-19-6(18)2-3-15-19/h2-3H,1,4-5H2,(H2,14,17). The van der Waals surface area contributed by atoms with Gasteiger partial charge in [0.05, 0.1) is 6.20 Å². The Morgan fingerprint density at radius 3 is 3.00 bits per heavy atom. The van der Waals surface area contributed by atoms with Gasteiger partial charge in [0.1, 0.15) is 9.52 Å². The molecule has 0 spiro atoms. The average Bonchev–Trinajstić information content (AvgIpc) is 2.90. The lowest BCUT2D eigenvalue weighted by Crippen LogP contribution is -2.38. The van der Waals surface area contributed by atoms with E-state index in [9.17, 15) is 4.79 Å². The first-order valence-electron chi connectivity index (χ1n) is 5.90. The molecule has 104 valence electrons. The molecule has 0 aromatic carbocycles. The number of nitrogen functional groups attached to an aromatic ring is 1. The Labute approximate surface area is 133 Å². The largest absolute Gasteiger partial charge is 0.382 e. The summed E-state index contributed by atoms with van der Waals surface area (Å²) in [6, 6.07) is 1.79. The van der Waals surface area contributed by atoms with E-state index in [-0.39, 0.29) is 22.6 Å². The predicted molar refractivity (Wildman–Crippen MR) is 82.7 cm³/mol. The van der Waals surface area contributed by atoms with Crippen LogP contribution in [0, 0.1) is 3.70 Å². The first-order valence-corrected chi connectivity index (χ1v) is 7.36. The number of nitrogens with zero attached hydrogens (tertiary/aromatic N) is 5. The van der Waals surface area contributed by atoms with Crippen LogP contribution in [0.3, 0.4) is 0 Å². The van der Waals surface area contributed by atoms with Gasteiger partial charge in [-0.05, 0) is 29.0 Å². The third-order valence-electron chi connectivity index (χ3n) is 3.01. The lowest BCUT2D eigenvalue weighted by Gasteiger charge is -2.27. The van der Waals surface area contributed by atoms with Crippen LogP contribution in [0.4, 0.5) is 11.6 Å². The quantitative estimate of drug-likeness (QED) is 0.729. The van der Waals surface area contributed by atoms with E-state index in [4.69, 9.17) is 17.3 Å². The van der Waals surface area contributed by atoms with Crippen molar-refractivity contribution in [3.8, 4) is 0 Å². The van der Waals surface area contributed by atoms with Crippen molar-refractivity contribution < 1.29 is 4.79 Å². The van der Waals surface area contributed by atoms with Crippen LogP contribution in [0.15, 0.2) is 12.3 Å². The van der Waals surface area contributed by atoms with E-state index in [0.29, 0.717) is 10.2 Å². The van der Waals surface area contributed by atoms with Crippen LogP contribution in [0.5, 0.6) is 0 Å². The fourth-order valence-electron chi connectivity index (χ4n) is 2.12. The Morgan fingerprint density at radius 1 is 1.40 bits per heavy atom. The molecular weight excluding hydrogens is 395 g/mol. The summed E-state index contributed by atoms with van der Waals surface area (Å²) >= 11 is 7.76. The van der Waals surface area contributed by atoms with Crippen molar-refractivity contribution in [2.75, 3.05) is 17.2 Å². The van der Waals surface area contributed by atoms with E-state index in [2.05, 4.69) is 15.1 Å². The Balaban J connectivity index is 2.01. The number of hydrogen-bond donors (Lipinski definition) is 1. The van der Waals surface area contributed by atoms with Crippen molar-refractivity contribution in [3.05, 3.63) is 26.8 Å². The molecule has 2 N–H and O–H groups in total. The molecule has 0 saturated carbocycles. The lowest BCUT2D eigenvalue weighted by molar-refractivity contribution is 0.0977. The predicted octanol–water partition coefficient (Wildman–Crippen LogP) is 1.56. The van der Waals surface area contributed by atoms with Crippen LogP contribution < -0.4 is 10.6 Å². The average molecular weight is 405 g/mol. The zero-order chi connectivity index (χ0) is 14.3. The SMILES string of the molecule is Nc1nc(Cl)c(I)nc1C(=O)N1CCCn2nccc21. The summed E-state index contributed by atoms with van der Waals surface area (Å²) in [4.78, 5) is 22.3. The summed E-state index contributed by atoms with van der Waals surface area (Å²) in [6.45, 7) is 1.40. The molecule has 3 heterocycles. The first-order chi connectivity index (χ1) is 9.58. The maximum atomic E-state index is 12.6. The molecule has 3 rings (SSSR count). The molecule has 2 aromatic heterocycles. The molecule has 0 fully saturated rings. The topological polar surface area (TPSA) is 89.9 Å². The summed E-state index contributed by atoms with van der Waals surface area (Å²) in [6.07, 6.45) is 2.50. The third kappa shape index (κ3) is 2.22. The summed E-state index contributed by atoms with van der Waals surface area (Å²) in [5.41, 5.74) is 5.88. The maximum absolute atomic E-state index is 12.6. The Kier molecular flexibility index (Phi) is 3.50. The summed E-state index contributed by atoms with van der Waals surface area (Å²) in [5.74, 6) is 0.496. The zero-order valence-electron chi connectivity index (χ0n) is 10.3. The van der Waals surface area contributed by atoms with Crippen LogP contribution in [-0.2, 0) is 6.54 Å². The summed E-state index contributed by atoms with van der Waals surface area (Å²) in [7, 11) is 0. The van der Waals surface area contributed by atoms with Crippen molar-refractivity contribution in [3.63, 3.8) is 0 Å². The van der Waals surface area contributed by atoms with Crippen molar-refractivity contribution in [2.24, 2.45) is 0 Å². The van der Waals surface area contributed by atoms with Crippen LogP contribution in [0.1, 0.15) is 16.9 Å². The summed E-state index contributed by atoms with van der Waals surface area (Å²) in [5, 5.41) is 4.37. The van der Waals surface area contributed by atoms with Crippen molar-refractivity contribution >= 4 is 51.7 Å². The highest BCUT2D eigenvalue weighted by atomic mass is 127. The van der Waals surface area contributed by atoms with Crippen molar-refractivity contribution in [1.82, 2.24) is 19.7 Å². The molecule has 0 saturated heterocycles. The van der Waals surface area contributed by atoms with E-state index in [1.165, 1.54) is 0 Å². The summed E-state index contributed by atoms with van der Waals surface area (Å²) < 4.78 is 2.23. The number of rotatable bonds is 1. The van der Waals surface area contributed by atoms with Crippen LogP contribution in [0.2, 0.25) is 5.15 Å². The fourth-order valence-corrected chi connectivity index (χ4v) is 2.61. The van der Waals surface area contributed by atoms with Gasteiger partial charge >= 0.3 is 0 Å². The van der Waals surface area contributed by atoms with Crippen molar-refractivity contribution in [1.29, 1.82) is 0 Å². The van der Waals surface area contributed by atoms with Crippen LogP contribution >= 0.6 is 34.2 Å². The molecule has 1 amide bonds. The van der Waals surface area contributed by atoms with Gasteiger partial charge in [0.25, 0.3) is 5.91 Å². The van der Waals surface area contributed by atoms with E-state index in [0.717, 1.165) is 18.8 Å². The second-order valence-electron chi connectivity index (χ2n) is 4.26. The van der Waals surface area contributed by atoms with Gasteiger partial charge in [0.15, 0.2) is 16.7 Å². The van der Waals surface area contributed by atoms with E-state index >= 15 is 0 Å². The number of carbonyl (C=O) groups excluding carboxylic acids is 1.